The first-order chi connectivity index (χ1) is 9.56. The second kappa shape index (κ2) is 6.47. The Morgan fingerprint density at radius 3 is 2.65 bits per heavy atom. The van der Waals surface area contributed by atoms with Crippen molar-refractivity contribution in [1.29, 1.82) is 0 Å². The summed E-state index contributed by atoms with van der Waals surface area (Å²) in [7, 11) is 0. The maximum absolute atomic E-state index is 11.4. The number of hydrogen-bond acceptors (Lipinski definition) is 4. The van der Waals surface area contributed by atoms with Gasteiger partial charge in [0.1, 0.15) is 0 Å². The Bertz CT molecular complexity index is 515. The Labute approximate surface area is 122 Å². The fourth-order valence-electron chi connectivity index (χ4n) is 2.24. The topological polar surface area (TPSA) is 87.5 Å². The van der Waals surface area contributed by atoms with Crippen LogP contribution in [0, 0.1) is 0 Å². The SMILES string of the molecule is NC(=O)NC(=O)CNc1cc(Cl)ccc1N1CCCC1. The van der Waals surface area contributed by atoms with E-state index in [9.17, 15) is 9.59 Å². The van der Waals surface area contributed by atoms with Gasteiger partial charge in [0.05, 0.1) is 17.9 Å². The number of nitrogens with zero attached hydrogens (tertiary/aromatic N) is 1. The summed E-state index contributed by atoms with van der Waals surface area (Å²) in [4.78, 5) is 24.2. The van der Waals surface area contributed by atoms with Gasteiger partial charge < -0.3 is 16.0 Å². The predicted molar refractivity (Wildman–Crippen MR) is 79.1 cm³/mol. The average Bonchev–Trinajstić information content (AvgIpc) is 2.89. The van der Waals surface area contributed by atoms with E-state index in [2.05, 4.69) is 10.2 Å². The Morgan fingerprint density at radius 2 is 2.00 bits per heavy atom. The Morgan fingerprint density at radius 1 is 1.30 bits per heavy atom. The number of amides is 3. The van der Waals surface area contributed by atoms with Crippen LogP contribution < -0.4 is 21.3 Å². The van der Waals surface area contributed by atoms with E-state index in [-0.39, 0.29) is 6.54 Å². The molecule has 7 heteroatoms. The molecule has 4 N–H and O–H groups in total. The Kier molecular flexibility index (Phi) is 4.68. The molecule has 1 aromatic carbocycles. The molecule has 0 aromatic heterocycles. The van der Waals surface area contributed by atoms with Gasteiger partial charge in [-0.15, -0.1) is 0 Å². The number of nitrogens with one attached hydrogen (secondary N) is 2. The molecule has 0 atom stereocenters. The minimum absolute atomic E-state index is 0.0376. The lowest BCUT2D eigenvalue weighted by atomic mass is 10.2. The number of carbonyl (C=O) groups is 2. The van der Waals surface area contributed by atoms with Gasteiger partial charge in [-0.1, -0.05) is 11.6 Å². The minimum atomic E-state index is -0.859. The second-order valence-electron chi connectivity index (χ2n) is 4.62. The van der Waals surface area contributed by atoms with Crippen molar-refractivity contribution in [3.05, 3.63) is 23.2 Å². The third kappa shape index (κ3) is 3.77. The molecule has 1 aromatic rings. The molecule has 6 nitrogen and oxygen atoms in total. The van der Waals surface area contributed by atoms with Crippen molar-refractivity contribution in [2.75, 3.05) is 29.9 Å². The van der Waals surface area contributed by atoms with Crippen LogP contribution in [0.3, 0.4) is 0 Å². The fraction of sp³-hybridized carbons (Fsp3) is 0.385. The molecule has 1 heterocycles. The lowest BCUT2D eigenvalue weighted by Crippen LogP contribution is -2.38. The molecule has 0 saturated carbocycles. The van der Waals surface area contributed by atoms with E-state index in [1.807, 2.05) is 17.4 Å². The number of anilines is 2. The molecule has 108 valence electrons. The molecular weight excluding hydrogens is 280 g/mol. The summed E-state index contributed by atoms with van der Waals surface area (Å²) in [6, 6.07) is 4.67. The van der Waals surface area contributed by atoms with Crippen molar-refractivity contribution in [3.8, 4) is 0 Å². The number of benzene rings is 1. The van der Waals surface area contributed by atoms with Gasteiger partial charge in [0, 0.05) is 18.1 Å². The molecule has 1 fully saturated rings. The molecule has 3 amide bonds. The first-order valence-corrected chi connectivity index (χ1v) is 6.82. The van der Waals surface area contributed by atoms with Crippen molar-refractivity contribution in [2.45, 2.75) is 12.8 Å². The van der Waals surface area contributed by atoms with Gasteiger partial charge in [0.2, 0.25) is 5.91 Å². The monoisotopic (exact) mass is 296 g/mol. The van der Waals surface area contributed by atoms with Crippen LogP contribution in [0.5, 0.6) is 0 Å². The van der Waals surface area contributed by atoms with Gasteiger partial charge in [-0.3, -0.25) is 10.1 Å². The Hall–Kier alpha value is -1.95. The van der Waals surface area contributed by atoms with Crippen LogP contribution >= 0.6 is 11.6 Å². The third-order valence-corrected chi connectivity index (χ3v) is 3.34. The molecule has 0 aliphatic carbocycles. The number of hydrogen-bond donors (Lipinski definition) is 3. The summed E-state index contributed by atoms with van der Waals surface area (Å²) in [6.45, 7) is 1.94. The first kappa shape index (κ1) is 14.5. The molecule has 0 bridgehead atoms. The van der Waals surface area contributed by atoms with E-state index in [1.165, 1.54) is 0 Å². The third-order valence-electron chi connectivity index (χ3n) is 3.11. The standard InChI is InChI=1S/C13H17ClN4O2/c14-9-3-4-11(18-5-1-2-6-18)10(7-9)16-8-12(19)17-13(15)20/h3-4,7,16H,1-2,5-6,8H2,(H3,15,17,19,20). The van der Waals surface area contributed by atoms with Crippen LogP contribution in [0.25, 0.3) is 0 Å². The van der Waals surface area contributed by atoms with Crippen LogP contribution in [0.4, 0.5) is 16.2 Å². The summed E-state index contributed by atoms with van der Waals surface area (Å²) in [5, 5.41) is 5.59. The Balaban J connectivity index is 2.07. The molecule has 20 heavy (non-hydrogen) atoms. The average molecular weight is 297 g/mol. The number of primary amides is 1. The summed E-state index contributed by atoms with van der Waals surface area (Å²) < 4.78 is 0. The number of halogens is 1. The van der Waals surface area contributed by atoms with Gasteiger partial charge in [-0.05, 0) is 31.0 Å². The molecule has 0 unspecified atom stereocenters. The number of carbonyl (C=O) groups excluding carboxylic acids is 2. The highest BCUT2D eigenvalue weighted by atomic mass is 35.5. The zero-order chi connectivity index (χ0) is 14.5. The lowest BCUT2D eigenvalue weighted by Gasteiger charge is -2.22. The quantitative estimate of drug-likeness (QED) is 0.786. The largest absolute Gasteiger partial charge is 0.374 e. The fourth-order valence-corrected chi connectivity index (χ4v) is 2.41. The smallest absolute Gasteiger partial charge is 0.318 e. The number of nitrogens with two attached hydrogens (primary N) is 1. The van der Waals surface area contributed by atoms with Crippen molar-refractivity contribution in [2.24, 2.45) is 5.73 Å². The van der Waals surface area contributed by atoms with E-state index >= 15 is 0 Å². The lowest BCUT2D eigenvalue weighted by molar-refractivity contribution is -0.118. The highest BCUT2D eigenvalue weighted by Crippen LogP contribution is 2.31. The van der Waals surface area contributed by atoms with Crippen molar-refractivity contribution in [3.63, 3.8) is 0 Å². The normalized spacial score (nSPS) is 14.2. The molecule has 1 saturated heterocycles. The summed E-state index contributed by atoms with van der Waals surface area (Å²) in [5.41, 5.74) is 6.68. The van der Waals surface area contributed by atoms with Crippen LogP contribution in [0.15, 0.2) is 18.2 Å². The van der Waals surface area contributed by atoms with Crippen LogP contribution in [-0.4, -0.2) is 31.6 Å². The van der Waals surface area contributed by atoms with Gasteiger partial charge in [-0.2, -0.15) is 0 Å². The maximum Gasteiger partial charge on any atom is 0.318 e. The summed E-state index contributed by atoms with van der Waals surface area (Å²) in [5.74, 6) is -0.482. The summed E-state index contributed by atoms with van der Waals surface area (Å²) >= 11 is 5.99. The predicted octanol–water partition coefficient (Wildman–Crippen LogP) is 1.55. The van der Waals surface area contributed by atoms with Crippen molar-refractivity contribution >= 4 is 34.9 Å². The number of urea groups is 1. The van der Waals surface area contributed by atoms with Gasteiger partial charge in [0.15, 0.2) is 0 Å². The highest BCUT2D eigenvalue weighted by molar-refractivity contribution is 6.31. The minimum Gasteiger partial charge on any atom is -0.374 e. The second-order valence-corrected chi connectivity index (χ2v) is 5.06. The van der Waals surface area contributed by atoms with E-state index in [0.717, 1.165) is 37.3 Å². The van der Waals surface area contributed by atoms with E-state index in [4.69, 9.17) is 17.3 Å². The van der Waals surface area contributed by atoms with Gasteiger partial charge >= 0.3 is 6.03 Å². The van der Waals surface area contributed by atoms with Crippen LogP contribution in [0.1, 0.15) is 12.8 Å². The molecule has 1 aliphatic heterocycles. The molecule has 0 radical (unpaired) electrons. The van der Waals surface area contributed by atoms with E-state index in [0.29, 0.717) is 5.02 Å². The number of imide groups is 1. The van der Waals surface area contributed by atoms with E-state index < -0.39 is 11.9 Å². The van der Waals surface area contributed by atoms with Crippen LogP contribution in [0.2, 0.25) is 5.02 Å². The maximum atomic E-state index is 11.4. The van der Waals surface area contributed by atoms with Crippen molar-refractivity contribution < 1.29 is 9.59 Å². The zero-order valence-electron chi connectivity index (χ0n) is 11.0. The highest BCUT2D eigenvalue weighted by Gasteiger charge is 2.16. The first-order valence-electron chi connectivity index (χ1n) is 6.44. The molecule has 1 aliphatic rings. The van der Waals surface area contributed by atoms with E-state index in [1.54, 1.807) is 6.07 Å². The number of rotatable bonds is 4. The summed E-state index contributed by atoms with van der Waals surface area (Å²) in [6.07, 6.45) is 2.31. The van der Waals surface area contributed by atoms with Crippen molar-refractivity contribution in [1.82, 2.24) is 5.32 Å². The molecule has 2 rings (SSSR count). The van der Waals surface area contributed by atoms with Gasteiger partial charge in [-0.25, -0.2) is 4.79 Å². The molecule has 0 spiro atoms. The molecular formula is C13H17ClN4O2. The zero-order valence-corrected chi connectivity index (χ0v) is 11.7. The van der Waals surface area contributed by atoms with Gasteiger partial charge in [0.25, 0.3) is 0 Å². The van der Waals surface area contributed by atoms with Crippen LogP contribution in [-0.2, 0) is 4.79 Å².